The van der Waals surface area contributed by atoms with Crippen LogP contribution in [-0.2, 0) is 27.3 Å². The highest BCUT2D eigenvalue weighted by Gasteiger charge is 2.19. The molecule has 1 aromatic carbocycles. The molecule has 0 bridgehead atoms. The normalized spacial score (nSPS) is 10.5. The number of benzene rings is 1. The molecule has 3 aromatic rings. The largest absolute Gasteiger partial charge is 0.383 e. The number of hydrogen-bond acceptors (Lipinski definition) is 7. The van der Waals surface area contributed by atoms with Crippen LogP contribution in [-0.4, -0.2) is 59.4 Å². The van der Waals surface area contributed by atoms with E-state index in [0.717, 1.165) is 11.3 Å². The third-order valence-electron chi connectivity index (χ3n) is 4.82. The SMILES string of the molecule is COCCN(CC(=O)Nc1nc(CC(=O)NCc2ccccn2)cs1)C(=O)c1ccc(C)cc1. The first kappa shape index (κ1) is 25.0. The van der Waals surface area contributed by atoms with E-state index >= 15 is 0 Å². The van der Waals surface area contributed by atoms with Crippen molar-refractivity contribution in [3.63, 3.8) is 0 Å². The lowest BCUT2D eigenvalue weighted by Crippen LogP contribution is -2.40. The molecule has 0 saturated carbocycles. The average molecular weight is 482 g/mol. The predicted molar refractivity (Wildman–Crippen MR) is 129 cm³/mol. The maximum atomic E-state index is 12.9. The Morgan fingerprint density at radius 3 is 2.56 bits per heavy atom. The molecular weight excluding hydrogens is 454 g/mol. The molecule has 0 radical (unpaired) electrons. The fraction of sp³-hybridized carbons (Fsp3) is 0.292. The highest BCUT2D eigenvalue weighted by molar-refractivity contribution is 7.13. The Bertz CT molecular complexity index is 1100. The van der Waals surface area contributed by atoms with Crippen molar-refractivity contribution >= 4 is 34.2 Å². The number of rotatable bonds is 11. The minimum Gasteiger partial charge on any atom is -0.383 e. The molecular formula is C24H27N5O4S. The van der Waals surface area contributed by atoms with Gasteiger partial charge in [-0.15, -0.1) is 11.3 Å². The summed E-state index contributed by atoms with van der Waals surface area (Å²) in [6.45, 7) is 2.71. The summed E-state index contributed by atoms with van der Waals surface area (Å²) in [4.78, 5) is 47.5. The van der Waals surface area contributed by atoms with E-state index in [0.29, 0.717) is 29.5 Å². The number of carbonyl (C=O) groups is 3. The fourth-order valence-corrected chi connectivity index (χ4v) is 3.76. The number of nitrogens with one attached hydrogen (secondary N) is 2. The molecule has 2 N–H and O–H groups in total. The fourth-order valence-electron chi connectivity index (χ4n) is 3.03. The number of nitrogens with zero attached hydrogens (tertiary/aromatic N) is 3. The third-order valence-corrected chi connectivity index (χ3v) is 5.62. The molecule has 0 aliphatic heterocycles. The second-order valence-electron chi connectivity index (χ2n) is 7.55. The summed E-state index contributed by atoms with van der Waals surface area (Å²) in [5.74, 6) is -0.822. The molecule has 3 rings (SSSR count). The number of aromatic nitrogens is 2. The molecule has 0 unspecified atom stereocenters. The van der Waals surface area contributed by atoms with E-state index in [2.05, 4.69) is 20.6 Å². The molecule has 0 spiro atoms. The number of thiazole rings is 1. The molecule has 10 heteroatoms. The second-order valence-corrected chi connectivity index (χ2v) is 8.41. The number of amides is 3. The van der Waals surface area contributed by atoms with Crippen LogP contribution < -0.4 is 10.6 Å². The van der Waals surface area contributed by atoms with Gasteiger partial charge in [-0.1, -0.05) is 23.8 Å². The average Bonchev–Trinajstić information content (AvgIpc) is 3.27. The standard InChI is InChI=1S/C24H27N5O4S/c1-17-6-8-18(9-7-17)23(32)29(11-12-33-2)15-22(31)28-24-27-20(16-34-24)13-21(30)26-14-19-5-3-4-10-25-19/h3-10,16H,11-15H2,1-2H3,(H,26,30)(H,27,28,31). The van der Waals surface area contributed by atoms with E-state index < -0.39 is 0 Å². The van der Waals surface area contributed by atoms with Gasteiger partial charge in [-0.05, 0) is 31.2 Å². The van der Waals surface area contributed by atoms with Gasteiger partial charge in [-0.3, -0.25) is 19.4 Å². The van der Waals surface area contributed by atoms with Crippen LogP contribution in [0.25, 0.3) is 0 Å². The van der Waals surface area contributed by atoms with Gasteiger partial charge in [-0.2, -0.15) is 0 Å². The molecule has 2 aromatic heterocycles. The highest BCUT2D eigenvalue weighted by Crippen LogP contribution is 2.16. The van der Waals surface area contributed by atoms with Crippen molar-refractivity contribution in [3.05, 3.63) is 76.6 Å². The summed E-state index contributed by atoms with van der Waals surface area (Å²) >= 11 is 1.22. The van der Waals surface area contributed by atoms with E-state index in [1.165, 1.54) is 23.3 Å². The van der Waals surface area contributed by atoms with Crippen molar-refractivity contribution in [2.24, 2.45) is 0 Å². The zero-order valence-electron chi connectivity index (χ0n) is 19.1. The lowest BCUT2D eigenvalue weighted by atomic mass is 10.1. The molecule has 9 nitrogen and oxygen atoms in total. The van der Waals surface area contributed by atoms with Crippen LogP contribution in [0.1, 0.15) is 27.3 Å². The smallest absolute Gasteiger partial charge is 0.254 e. The van der Waals surface area contributed by atoms with E-state index in [1.807, 2.05) is 37.3 Å². The van der Waals surface area contributed by atoms with Gasteiger partial charge in [-0.25, -0.2) is 4.98 Å². The highest BCUT2D eigenvalue weighted by atomic mass is 32.1. The molecule has 0 fully saturated rings. The molecule has 0 atom stereocenters. The first-order chi connectivity index (χ1) is 16.4. The summed E-state index contributed by atoms with van der Waals surface area (Å²) in [5, 5.41) is 7.59. The summed E-state index contributed by atoms with van der Waals surface area (Å²) in [7, 11) is 1.54. The van der Waals surface area contributed by atoms with Crippen LogP contribution in [0, 0.1) is 6.92 Å². The molecule has 34 heavy (non-hydrogen) atoms. The minimum atomic E-state index is -0.378. The summed E-state index contributed by atoms with van der Waals surface area (Å²) in [6, 6.07) is 12.7. The third kappa shape index (κ3) is 7.75. The van der Waals surface area contributed by atoms with Gasteiger partial charge in [0.1, 0.15) is 6.54 Å². The van der Waals surface area contributed by atoms with Gasteiger partial charge in [0.15, 0.2) is 5.13 Å². The zero-order valence-corrected chi connectivity index (χ0v) is 19.9. The van der Waals surface area contributed by atoms with Crippen LogP contribution in [0.3, 0.4) is 0 Å². The Balaban J connectivity index is 1.53. The Kier molecular flexibility index (Phi) is 9.24. The maximum Gasteiger partial charge on any atom is 0.254 e. The number of methoxy groups -OCH3 is 1. The second kappa shape index (κ2) is 12.6. The van der Waals surface area contributed by atoms with Crippen molar-refractivity contribution in [1.29, 1.82) is 0 Å². The summed E-state index contributed by atoms with van der Waals surface area (Å²) < 4.78 is 5.09. The number of aryl methyl sites for hydroxylation is 1. The Labute approximate surface area is 202 Å². The van der Waals surface area contributed by atoms with Crippen LogP contribution in [0.15, 0.2) is 54.0 Å². The first-order valence-electron chi connectivity index (χ1n) is 10.7. The molecule has 0 aliphatic rings. The molecule has 0 aliphatic carbocycles. The zero-order chi connectivity index (χ0) is 24.3. The quantitative estimate of drug-likeness (QED) is 0.435. The lowest BCUT2D eigenvalue weighted by molar-refractivity contribution is -0.120. The van der Waals surface area contributed by atoms with Crippen molar-refractivity contribution in [1.82, 2.24) is 20.2 Å². The summed E-state index contributed by atoms with van der Waals surface area (Å²) in [5.41, 5.74) is 2.86. The number of carbonyl (C=O) groups excluding carboxylic acids is 3. The summed E-state index contributed by atoms with van der Waals surface area (Å²) in [6.07, 6.45) is 1.76. The lowest BCUT2D eigenvalue weighted by Gasteiger charge is -2.21. The van der Waals surface area contributed by atoms with Crippen molar-refractivity contribution in [3.8, 4) is 0 Å². The molecule has 178 valence electrons. The predicted octanol–water partition coefficient (Wildman–Crippen LogP) is 2.43. The van der Waals surface area contributed by atoms with E-state index in [-0.39, 0.29) is 37.2 Å². The monoisotopic (exact) mass is 481 g/mol. The van der Waals surface area contributed by atoms with E-state index in [9.17, 15) is 14.4 Å². The Hall–Kier alpha value is -3.63. The number of anilines is 1. The molecule has 3 amide bonds. The van der Waals surface area contributed by atoms with Gasteiger partial charge in [0.05, 0.1) is 31.0 Å². The first-order valence-corrected chi connectivity index (χ1v) is 11.6. The Morgan fingerprint density at radius 2 is 1.85 bits per heavy atom. The maximum absolute atomic E-state index is 12.9. The minimum absolute atomic E-state index is 0.0884. The van der Waals surface area contributed by atoms with Gasteiger partial charge in [0.2, 0.25) is 11.8 Å². The van der Waals surface area contributed by atoms with Crippen LogP contribution in [0.4, 0.5) is 5.13 Å². The van der Waals surface area contributed by atoms with Crippen molar-refractivity contribution < 1.29 is 19.1 Å². The van der Waals surface area contributed by atoms with Crippen molar-refractivity contribution in [2.75, 3.05) is 32.1 Å². The van der Waals surface area contributed by atoms with Gasteiger partial charge in [0, 0.05) is 30.8 Å². The van der Waals surface area contributed by atoms with Gasteiger partial charge >= 0.3 is 0 Å². The van der Waals surface area contributed by atoms with Crippen molar-refractivity contribution in [2.45, 2.75) is 19.9 Å². The van der Waals surface area contributed by atoms with Crippen LogP contribution in [0.2, 0.25) is 0 Å². The molecule has 2 heterocycles. The molecule has 0 saturated heterocycles. The van der Waals surface area contributed by atoms with Crippen LogP contribution in [0.5, 0.6) is 0 Å². The van der Waals surface area contributed by atoms with E-state index in [1.54, 1.807) is 23.7 Å². The topological polar surface area (TPSA) is 114 Å². The van der Waals surface area contributed by atoms with Gasteiger partial charge in [0.25, 0.3) is 5.91 Å². The van der Waals surface area contributed by atoms with Crippen LogP contribution >= 0.6 is 11.3 Å². The number of pyridine rings is 1. The number of hydrogen-bond donors (Lipinski definition) is 2. The van der Waals surface area contributed by atoms with Gasteiger partial charge < -0.3 is 20.3 Å². The number of ether oxygens (including phenoxy) is 1. The van der Waals surface area contributed by atoms with E-state index in [4.69, 9.17) is 4.74 Å². The Morgan fingerprint density at radius 1 is 1.06 bits per heavy atom.